The fourth-order valence-electron chi connectivity index (χ4n) is 2.01. The Hall–Kier alpha value is -2.60. The molecule has 0 aliphatic carbocycles. The van der Waals surface area contributed by atoms with E-state index in [2.05, 4.69) is 15.6 Å². The number of carbonyl (C=O) groups is 1. The molecule has 110 valence electrons. The molecule has 0 aliphatic rings. The molecule has 0 bridgehead atoms. The summed E-state index contributed by atoms with van der Waals surface area (Å²) in [6, 6.07) is 17.2. The summed E-state index contributed by atoms with van der Waals surface area (Å²) in [4.78, 5) is 13.3. The van der Waals surface area contributed by atoms with Crippen LogP contribution in [0.1, 0.15) is 10.5 Å². The van der Waals surface area contributed by atoms with Gasteiger partial charge in [0.2, 0.25) is 0 Å². The first kappa shape index (κ1) is 14.3. The number of amides is 1. The van der Waals surface area contributed by atoms with Gasteiger partial charge in [-0.25, -0.2) is 4.68 Å². The third-order valence-corrected chi connectivity index (χ3v) is 3.90. The first-order chi connectivity index (χ1) is 10.8. The van der Waals surface area contributed by atoms with Gasteiger partial charge < -0.3 is 5.32 Å². The number of hydrogen-bond donors (Lipinski definition) is 1. The third-order valence-electron chi connectivity index (χ3n) is 3.10. The Morgan fingerprint density at radius 1 is 1.09 bits per heavy atom. The summed E-state index contributed by atoms with van der Waals surface area (Å²) < 4.78 is 1.58. The van der Waals surface area contributed by atoms with E-state index in [9.17, 15) is 4.79 Å². The number of nitrogens with zero attached hydrogens (tertiary/aromatic N) is 3. The molecule has 22 heavy (non-hydrogen) atoms. The monoisotopic (exact) mass is 310 g/mol. The van der Waals surface area contributed by atoms with Crippen molar-refractivity contribution < 1.29 is 4.79 Å². The smallest absolute Gasteiger partial charge is 0.277 e. The van der Waals surface area contributed by atoms with Crippen molar-refractivity contribution in [2.75, 3.05) is 11.6 Å². The molecule has 0 radical (unpaired) electrons. The first-order valence-electron chi connectivity index (χ1n) is 6.70. The molecule has 0 saturated heterocycles. The van der Waals surface area contributed by atoms with E-state index in [0.29, 0.717) is 0 Å². The maximum atomic E-state index is 12.3. The maximum Gasteiger partial charge on any atom is 0.277 e. The van der Waals surface area contributed by atoms with Crippen LogP contribution < -0.4 is 5.32 Å². The Morgan fingerprint density at radius 2 is 1.82 bits per heavy atom. The zero-order valence-electron chi connectivity index (χ0n) is 11.9. The highest BCUT2D eigenvalue weighted by molar-refractivity contribution is 7.98. The number of nitrogens with one attached hydrogen (secondary N) is 1. The predicted octanol–water partition coefficient (Wildman–Crippen LogP) is 3.24. The molecule has 3 aromatic rings. The minimum absolute atomic E-state index is 0.274. The average molecular weight is 310 g/mol. The lowest BCUT2D eigenvalue weighted by atomic mass is 10.3. The van der Waals surface area contributed by atoms with Gasteiger partial charge in [0.25, 0.3) is 5.91 Å². The average Bonchev–Trinajstić information content (AvgIpc) is 3.06. The van der Waals surface area contributed by atoms with Crippen molar-refractivity contribution in [3.05, 3.63) is 66.5 Å². The molecule has 0 atom stereocenters. The summed E-state index contributed by atoms with van der Waals surface area (Å²) in [7, 11) is 0. The van der Waals surface area contributed by atoms with E-state index in [1.165, 1.54) is 0 Å². The Balaban J connectivity index is 1.80. The van der Waals surface area contributed by atoms with Crippen molar-refractivity contribution in [3.8, 4) is 5.69 Å². The van der Waals surface area contributed by atoms with Gasteiger partial charge >= 0.3 is 0 Å². The first-order valence-corrected chi connectivity index (χ1v) is 7.92. The van der Waals surface area contributed by atoms with Gasteiger partial charge in [-0.05, 0) is 30.5 Å². The standard InChI is InChI=1S/C16H14N4OS/c1-22-15-10-6-5-9-13(15)17-16(21)14-11-20(19-18-14)12-7-3-2-4-8-12/h2-11H,1H3,(H,17,21). The molecule has 0 unspecified atom stereocenters. The molecule has 5 nitrogen and oxygen atoms in total. The number of hydrogen-bond acceptors (Lipinski definition) is 4. The van der Waals surface area contributed by atoms with Crippen LogP contribution in [-0.2, 0) is 0 Å². The van der Waals surface area contributed by atoms with E-state index in [1.807, 2.05) is 60.9 Å². The second-order valence-corrected chi connectivity index (χ2v) is 5.39. The topological polar surface area (TPSA) is 59.8 Å². The lowest BCUT2D eigenvalue weighted by Crippen LogP contribution is -2.13. The van der Waals surface area contributed by atoms with Crippen molar-refractivity contribution in [1.29, 1.82) is 0 Å². The summed E-state index contributed by atoms with van der Waals surface area (Å²) in [5, 5.41) is 10.8. The van der Waals surface area contributed by atoms with Crippen LogP contribution in [0.25, 0.3) is 5.69 Å². The van der Waals surface area contributed by atoms with Crippen LogP contribution in [0.3, 0.4) is 0 Å². The summed E-state index contributed by atoms with van der Waals surface area (Å²) >= 11 is 1.58. The Labute approximate surface area is 132 Å². The fraction of sp³-hybridized carbons (Fsp3) is 0.0625. The van der Waals surface area contributed by atoms with Gasteiger partial charge in [0.05, 0.1) is 17.6 Å². The number of carbonyl (C=O) groups excluding carboxylic acids is 1. The van der Waals surface area contributed by atoms with Gasteiger partial charge in [0, 0.05) is 4.90 Å². The normalized spacial score (nSPS) is 10.4. The Morgan fingerprint density at radius 3 is 2.59 bits per heavy atom. The Kier molecular flexibility index (Phi) is 4.20. The number of anilines is 1. The van der Waals surface area contributed by atoms with Crippen molar-refractivity contribution in [2.45, 2.75) is 4.90 Å². The van der Waals surface area contributed by atoms with E-state index in [4.69, 9.17) is 0 Å². The lowest BCUT2D eigenvalue weighted by Gasteiger charge is -2.07. The summed E-state index contributed by atoms with van der Waals surface area (Å²) in [6.07, 6.45) is 3.59. The van der Waals surface area contributed by atoms with Crippen molar-refractivity contribution in [2.24, 2.45) is 0 Å². The summed E-state index contributed by atoms with van der Waals surface area (Å²) in [6.45, 7) is 0. The molecule has 1 heterocycles. The van der Waals surface area contributed by atoms with Crippen LogP contribution in [0.4, 0.5) is 5.69 Å². The highest BCUT2D eigenvalue weighted by Gasteiger charge is 2.13. The van der Waals surface area contributed by atoms with E-state index in [-0.39, 0.29) is 11.6 Å². The largest absolute Gasteiger partial charge is 0.320 e. The van der Waals surface area contributed by atoms with Crippen LogP contribution in [0.15, 0.2) is 65.7 Å². The number of rotatable bonds is 4. The SMILES string of the molecule is CSc1ccccc1NC(=O)c1cn(-c2ccccc2)nn1. The van der Waals surface area contributed by atoms with Gasteiger partial charge in [-0.2, -0.15) is 0 Å². The van der Waals surface area contributed by atoms with Crippen molar-refractivity contribution in [1.82, 2.24) is 15.0 Å². The van der Waals surface area contributed by atoms with Gasteiger partial charge in [0.15, 0.2) is 5.69 Å². The molecule has 0 fully saturated rings. The highest BCUT2D eigenvalue weighted by Crippen LogP contribution is 2.24. The molecule has 1 aromatic heterocycles. The number of para-hydroxylation sites is 2. The quantitative estimate of drug-likeness (QED) is 0.752. The molecular weight excluding hydrogens is 296 g/mol. The van der Waals surface area contributed by atoms with E-state index < -0.39 is 0 Å². The molecule has 2 aromatic carbocycles. The molecule has 0 saturated carbocycles. The minimum atomic E-state index is -0.274. The van der Waals surface area contributed by atoms with Gasteiger partial charge in [-0.3, -0.25) is 4.79 Å². The van der Waals surface area contributed by atoms with Crippen LogP contribution >= 0.6 is 11.8 Å². The predicted molar refractivity (Wildman–Crippen MR) is 87.5 cm³/mol. The Bertz CT molecular complexity index is 786. The van der Waals surface area contributed by atoms with Crippen LogP contribution in [0.2, 0.25) is 0 Å². The van der Waals surface area contributed by atoms with E-state index in [1.54, 1.807) is 22.6 Å². The lowest BCUT2D eigenvalue weighted by molar-refractivity contribution is 0.102. The summed E-state index contributed by atoms with van der Waals surface area (Å²) in [5.74, 6) is -0.274. The van der Waals surface area contributed by atoms with Crippen LogP contribution in [-0.4, -0.2) is 27.2 Å². The van der Waals surface area contributed by atoms with Crippen molar-refractivity contribution in [3.63, 3.8) is 0 Å². The van der Waals surface area contributed by atoms with Crippen LogP contribution in [0.5, 0.6) is 0 Å². The molecule has 0 spiro atoms. The molecule has 1 N–H and O–H groups in total. The molecule has 1 amide bonds. The van der Waals surface area contributed by atoms with E-state index >= 15 is 0 Å². The fourth-order valence-corrected chi connectivity index (χ4v) is 2.56. The summed E-state index contributed by atoms with van der Waals surface area (Å²) in [5.41, 5.74) is 1.91. The van der Waals surface area contributed by atoms with Gasteiger partial charge in [-0.1, -0.05) is 35.5 Å². The second kappa shape index (κ2) is 6.44. The molecule has 0 aliphatic heterocycles. The highest BCUT2D eigenvalue weighted by atomic mass is 32.2. The maximum absolute atomic E-state index is 12.3. The second-order valence-electron chi connectivity index (χ2n) is 4.54. The number of aromatic nitrogens is 3. The van der Waals surface area contributed by atoms with E-state index in [0.717, 1.165) is 16.3 Å². The van der Waals surface area contributed by atoms with Crippen LogP contribution in [0, 0.1) is 0 Å². The molecule has 6 heteroatoms. The molecular formula is C16H14N4OS. The zero-order valence-corrected chi connectivity index (χ0v) is 12.7. The van der Waals surface area contributed by atoms with Gasteiger partial charge in [-0.15, -0.1) is 16.9 Å². The zero-order chi connectivity index (χ0) is 15.4. The number of thioether (sulfide) groups is 1. The van der Waals surface area contributed by atoms with Gasteiger partial charge in [0.1, 0.15) is 0 Å². The number of benzene rings is 2. The molecule has 3 rings (SSSR count). The third kappa shape index (κ3) is 3.01. The minimum Gasteiger partial charge on any atom is -0.320 e. The van der Waals surface area contributed by atoms with Crippen molar-refractivity contribution >= 4 is 23.4 Å².